The highest BCUT2D eigenvalue weighted by molar-refractivity contribution is 6.03. The molecule has 1 amide bonds. The summed E-state index contributed by atoms with van der Waals surface area (Å²) in [6, 6.07) is 13.7. The second-order valence-corrected chi connectivity index (χ2v) is 9.74. The van der Waals surface area contributed by atoms with E-state index >= 15 is 0 Å². The molecule has 4 heteroatoms. The standard InChI is InChI=1S/C25H29NO3/c1-16(24(28)26-22-8-4-6-20-5-2-3-7-21(20)22)29-23(27)15-25-12-17-9-18(13-25)11-19(10-17)14-25/h2-8,16-19H,9-15H2,1H3,(H,26,28)/t16-,17?,18?,19?,25?/m0/s1. The number of carbonyl (C=O) groups excluding carboxylic acids is 2. The largest absolute Gasteiger partial charge is 0.453 e. The molecule has 4 nitrogen and oxygen atoms in total. The lowest BCUT2D eigenvalue weighted by Gasteiger charge is -2.56. The van der Waals surface area contributed by atoms with Crippen LogP contribution in [-0.4, -0.2) is 18.0 Å². The van der Waals surface area contributed by atoms with E-state index in [4.69, 9.17) is 4.74 Å². The lowest BCUT2D eigenvalue weighted by Crippen LogP contribution is -2.47. The zero-order valence-corrected chi connectivity index (χ0v) is 17.0. The van der Waals surface area contributed by atoms with E-state index in [1.165, 1.54) is 38.5 Å². The molecule has 0 saturated heterocycles. The summed E-state index contributed by atoms with van der Waals surface area (Å²) in [6.45, 7) is 1.66. The quantitative estimate of drug-likeness (QED) is 0.702. The van der Waals surface area contributed by atoms with Crippen LogP contribution in [0.25, 0.3) is 10.8 Å². The Morgan fingerprint density at radius 2 is 1.62 bits per heavy atom. The first-order chi connectivity index (χ1) is 14.0. The minimum absolute atomic E-state index is 0.137. The first-order valence-corrected chi connectivity index (χ1v) is 11.0. The Balaban J connectivity index is 1.21. The Labute approximate surface area is 172 Å². The Kier molecular flexibility index (Phi) is 4.60. The van der Waals surface area contributed by atoms with Crippen molar-refractivity contribution >= 4 is 28.3 Å². The van der Waals surface area contributed by atoms with Crippen LogP contribution in [0.2, 0.25) is 0 Å². The van der Waals surface area contributed by atoms with E-state index in [1.807, 2.05) is 42.5 Å². The van der Waals surface area contributed by atoms with E-state index in [-0.39, 0.29) is 17.3 Å². The minimum atomic E-state index is -0.796. The smallest absolute Gasteiger partial charge is 0.307 e. The second kappa shape index (κ2) is 7.16. The highest BCUT2D eigenvalue weighted by Gasteiger charge is 2.51. The molecule has 0 aromatic heterocycles. The van der Waals surface area contributed by atoms with Crippen LogP contribution in [0.1, 0.15) is 51.9 Å². The number of rotatable bonds is 5. The van der Waals surface area contributed by atoms with Gasteiger partial charge in [0.15, 0.2) is 6.10 Å². The van der Waals surface area contributed by atoms with Gasteiger partial charge in [0.2, 0.25) is 0 Å². The van der Waals surface area contributed by atoms with Crippen molar-refractivity contribution in [2.75, 3.05) is 5.32 Å². The van der Waals surface area contributed by atoms with E-state index in [1.54, 1.807) is 6.92 Å². The maximum absolute atomic E-state index is 12.7. The summed E-state index contributed by atoms with van der Waals surface area (Å²) in [5.74, 6) is 1.93. The molecule has 0 aliphatic heterocycles. The molecule has 0 radical (unpaired) electrons. The van der Waals surface area contributed by atoms with E-state index in [2.05, 4.69) is 5.32 Å². The number of hydrogen-bond acceptors (Lipinski definition) is 3. The first kappa shape index (κ1) is 18.7. The molecule has 2 aromatic carbocycles. The van der Waals surface area contributed by atoms with E-state index < -0.39 is 6.10 Å². The van der Waals surface area contributed by atoms with Crippen LogP contribution in [-0.2, 0) is 14.3 Å². The molecule has 0 heterocycles. The van der Waals surface area contributed by atoms with Crippen molar-refractivity contribution in [1.82, 2.24) is 0 Å². The maximum atomic E-state index is 12.7. The van der Waals surface area contributed by atoms with Crippen LogP contribution in [0.5, 0.6) is 0 Å². The average Bonchev–Trinajstić information content (AvgIpc) is 2.66. The number of benzene rings is 2. The number of carbonyl (C=O) groups is 2. The topological polar surface area (TPSA) is 55.4 Å². The third-order valence-electron chi connectivity index (χ3n) is 7.41. The molecule has 29 heavy (non-hydrogen) atoms. The van der Waals surface area contributed by atoms with Crippen molar-refractivity contribution in [3.63, 3.8) is 0 Å². The fraction of sp³-hybridized carbons (Fsp3) is 0.520. The zero-order valence-electron chi connectivity index (χ0n) is 17.0. The SMILES string of the molecule is C[C@H](OC(=O)CC12CC3CC(CC(C3)C1)C2)C(=O)Nc1cccc2ccccc12. The van der Waals surface area contributed by atoms with Gasteiger partial charge in [-0.3, -0.25) is 9.59 Å². The lowest BCUT2D eigenvalue weighted by molar-refractivity contribution is -0.160. The summed E-state index contributed by atoms with van der Waals surface area (Å²) in [7, 11) is 0. The van der Waals surface area contributed by atoms with Gasteiger partial charge in [0.25, 0.3) is 5.91 Å². The summed E-state index contributed by atoms with van der Waals surface area (Å²) in [5.41, 5.74) is 0.884. The summed E-state index contributed by atoms with van der Waals surface area (Å²) < 4.78 is 5.58. The van der Waals surface area contributed by atoms with Gasteiger partial charge < -0.3 is 10.1 Å². The van der Waals surface area contributed by atoms with Gasteiger partial charge in [0, 0.05) is 11.1 Å². The third-order valence-corrected chi connectivity index (χ3v) is 7.41. The number of ether oxygens (including phenoxy) is 1. The number of esters is 1. The Bertz CT molecular complexity index is 909. The third kappa shape index (κ3) is 3.65. The molecule has 6 rings (SSSR count). The summed E-state index contributed by atoms with van der Waals surface area (Å²) in [6.07, 6.45) is 7.27. The molecule has 0 unspecified atom stereocenters. The van der Waals surface area contributed by atoms with Gasteiger partial charge in [-0.2, -0.15) is 0 Å². The van der Waals surface area contributed by atoms with Crippen LogP contribution < -0.4 is 5.32 Å². The highest BCUT2D eigenvalue weighted by Crippen LogP contribution is 2.61. The Morgan fingerprint density at radius 1 is 1.00 bits per heavy atom. The molecule has 0 spiro atoms. The van der Waals surface area contributed by atoms with E-state index in [0.29, 0.717) is 6.42 Å². The Morgan fingerprint density at radius 3 is 2.31 bits per heavy atom. The van der Waals surface area contributed by atoms with Gasteiger partial charge in [-0.25, -0.2) is 0 Å². The number of nitrogens with one attached hydrogen (secondary N) is 1. The summed E-state index contributed by atoms with van der Waals surface area (Å²) >= 11 is 0. The van der Waals surface area contributed by atoms with E-state index in [0.717, 1.165) is 34.2 Å². The molecular weight excluding hydrogens is 362 g/mol. The molecule has 4 bridgehead atoms. The first-order valence-electron chi connectivity index (χ1n) is 11.0. The van der Waals surface area contributed by atoms with Crippen LogP contribution >= 0.6 is 0 Å². The van der Waals surface area contributed by atoms with Crippen molar-refractivity contribution in [3.8, 4) is 0 Å². The molecule has 1 N–H and O–H groups in total. The fourth-order valence-electron chi connectivity index (χ4n) is 6.67. The minimum Gasteiger partial charge on any atom is -0.453 e. The number of fused-ring (bicyclic) bond motifs is 1. The van der Waals surface area contributed by atoms with Crippen LogP contribution in [0.3, 0.4) is 0 Å². The highest BCUT2D eigenvalue weighted by atomic mass is 16.5. The van der Waals surface area contributed by atoms with Gasteiger partial charge in [-0.05, 0) is 80.1 Å². The van der Waals surface area contributed by atoms with Crippen LogP contribution in [0, 0.1) is 23.2 Å². The number of amides is 1. The molecule has 4 saturated carbocycles. The van der Waals surface area contributed by atoms with Gasteiger partial charge in [0.05, 0.1) is 6.42 Å². The van der Waals surface area contributed by atoms with Crippen LogP contribution in [0.4, 0.5) is 5.69 Å². The fourth-order valence-corrected chi connectivity index (χ4v) is 6.67. The second-order valence-electron chi connectivity index (χ2n) is 9.74. The molecule has 152 valence electrons. The predicted molar refractivity (Wildman–Crippen MR) is 113 cm³/mol. The molecular formula is C25H29NO3. The van der Waals surface area contributed by atoms with Crippen molar-refractivity contribution < 1.29 is 14.3 Å². The molecule has 4 aliphatic carbocycles. The molecule has 4 aliphatic rings. The summed E-state index contributed by atoms with van der Waals surface area (Å²) in [5, 5.41) is 4.98. The number of anilines is 1. The van der Waals surface area contributed by atoms with Gasteiger partial charge in [0.1, 0.15) is 0 Å². The molecule has 1 atom stereocenters. The maximum Gasteiger partial charge on any atom is 0.307 e. The lowest BCUT2D eigenvalue weighted by atomic mass is 9.49. The van der Waals surface area contributed by atoms with Crippen molar-refractivity contribution in [2.45, 2.75) is 58.0 Å². The van der Waals surface area contributed by atoms with Gasteiger partial charge >= 0.3 is 5.97 Å². The zero-order chi connectivity index (χ0) is 20.0. The van der Waals surface area contributed by atoms with Crippen molar-refractivity contribution in [1.29, 1.82) is 0 Å². The molecule has 2 aromatic rings. The van der Waals surface area contributed by atoms with Crippen molar-refractivity contribution in [3.05, 3.63) is 42.5 Å². The normalized spacial score (nSPS) is 30.9. The molecule has 4 fully saturated rings. The van der Waals surface area contributed by atoms with Gasteiger partial charge in [-0.1, -0.05) is 36.4 Å². The predicted octanol–water partition coefficient (Wildman–Crippen LogP) is 5.32. The Hall–Kier alpha value is -2.36. The van der Waals surface area contributed by atoms with E-state index in [9.17, 15) is 9.59 Å². The van der Waals surface area contributed by atoms with Gasteiger partial charge in [-0.15, -0.1) is 0 Å². The van der Waals surface area contributed by atoms with Crippen molar-refractivity contribution in [2.24, 2.45) is 23.2 Å². The number of hydrogen-bond donors (Lipinski definition) is 1. The average molecular weight is 392 g/mol. The summed E-state index contributed by atoms with van der Waals surface area (Å²) in [4.78, 5) is 25.4. The monoisotopic (exact) mass is 391 g/mol. The van der Waals surface area contributed by atoms with Crippen LogP contribution in [0.15, 0.2) is 42.5 Å².